The lowest BCUT2D eigenvalue weighted by molar-refractivity contribution is 0.451. The van der Waals surface area contributed by atoms with Crippen LogP contribution in [-0.2, 0) is 6.54 Å². The molecule has 1 aliphatic rings. The fourth-order valence-electron chi connectivity index (χ4n) is 2.32. The van der Waals surface area contributed by atoms with Crippen molar-refractivity contribution >= 4 is 0 Å². The number of nitrogens with two attached hydrogens (primary N) is 1. The van der Waals surface area contributed by atoms with Gasteiger partial charge in [-0.25, -0.2) is 4.98 Å². The maximum absolute atomic E-state index is 9.47. The first-order valence-electron chi connectivity index (χ1n) is 5.86. The molecular formula is C13H15N3O. The topological polar surface area (TPSA) is 64.1 Å². The molecule has 4 nitrogen and oxygen atoms in total. The minimum Gasteiger partial charge on any atom is -0.508 e. The molecule has 1 aliphatic heterocycles. The van der Waals surface area contributed by atoms with Crippen LogP contribution in [0.5, 0.6) is 5.75 Å². The van der Waals surface area contributed by atoms with Crippen molar-refractivity contribution in [1.29, 1.82) is 0 Å². The van der Waals surface area contributed by atoms with Crippen LogP contribution in [0.15, 0.2) is 30.5 Å². The number of aromatic hydroxyl groups is 1. The Morgan fingerprint density at radius 2 is 2.29 bits per heavy atom. The zero-order chi connectivity index (χ0) is 11.8. The molecule has 1 aromatic carbocycles. The van der Waals surface area contributed by atoms with Crippen LogP contribution in [0.25, 0.3) is 11.3 Å². The summed E-state index contributed by atoms with van der Waals surface area (Å²) in [6.45, 7) is 0.981. The summed E-state index contributed by atoms with van der Waals surface area (Å²) in [6.07, 6.45) is 4.11. The summed E-state index contributed by atoms with van der Waals surface area (Å²) in [6, 6.07) is 7.18. The second kappa shape index (κ2) is 3.89. The van der Waals surface area contributed by atoms with Gasteiger partial charge in [0.1, 0.15) is 11.6 Å². The van der Waals surface area contributed by atoms with Gasteiger partial charge in [-0.1, -0.05) is 12.1 Å². The molecule has 1 aromatic heterocycles. The first kappa shape index (κ1) is 10.4. The predicted molar refractivity (Wildman–Crippen MR) is 65.5 cm³/mol. The summed E-state index contributed by atoms with van der Waals surface area (Å²) < 4.78 is 2.12. The third kappa shape index (κ3) is 1.80. The van der Waals surface area contributed by atoms with Crippen LogP contribution in [-0.4, -0.2) is 14.7 Å². The lowest BCUT2D eigenvalue weighted by Crippen LogP contribution is -2.21. The van der Waals surface area contributed by atoms with E-state index in [2.05, 4.69) is 9.55 Å². The quantitative estimate of drug-likeness (QED) is 0.786. The number of fused-ring (bicyclic) bond motifs is 1. The monoisotopic (exact) mass is 229 g/mol. The predicted octanol–water partition coefficient (Wildman–Crippen LogP) is 2.05. The maximum Gasteiger partial charge on any atom is 0.126 e. The molecule has 0 saturated heterocycles. The molecule has 0 amide bonds. The lowest BCUT2D eigenvalue weighted by atomic mass is 10.1. The van der Waals surface area contributed by atoms with Gasteiger partial charge in [-0.2, -0.15) is 0 Å². The van der Waals surface area contributed by atoms with Crippen molar-refractivity contribution < 1.29 is 5.11 Å². The van der Waals surface area contributed by atoms with E-state index in [9.17, 15) is 5.11 Å². The Morgan fingerprint density at radius 1 is 1.41 bits per heavy atom. The second-order valence-electron chi connectivity index (χ2n) is 4.48. The van der Waals surface area contributed by atoms with Crippen molar-refractivity contribution in [3.63, 3.8) is 0 Å². The molecule has 1 atom stereocenters. The van der Waals surface area contributed by atoms with Gasteiger partial charge in [0, 0.05) is 18.3 Å². The van der Waals surface area contributed by atoms with Crippen molar-refractivity contribution in [1.82, 2.24) is 9.55 Å². The number of phenolic OH excluding ortho intramolecular Hbond substituents is 1. The number of aromatic nitrogens is 2. The minimum atomic E-state index is 0.0369. The number of hydrogen-bond acceptors (Lipinski definition) is 3. The van der Waals surface area contributed by atoms with Gasteiger partial charge < -0.3 is 15.4 Å². The van der Waals surface area contributed by atoms with Gasteiger partial charge in [0.15, 0.2) is 0 Å². The van der Waals surface area contributed by atoms with Gasteiger partial charge in [-0.3, -0.25) is 0 Å². The third-order valence-corrected chi connectivity index (χ3v) is 3.20. The highest BCUT2D eigenvalue weighted by Crippen LogP contribution is 2.28. The van der Waals surface area contributed by atoms with Crippen molar-refractivity contribution in [2.24, 2.45) is 5.73 Å². The molecule has 0 spiro atoms. The average molecular weight is 229 g/mol. The first-order chi connectivity index (χ1) is 8.24. The van der Waals surface area contributed by atoms with Crippen LogP contribution in [0.4, 0.5) is 0 Å². The van der Waals surface area contributed by atoms with Gasteiger partial charge in [0.2, 0.25) is 0 Å². The molecule has 0 radical (unpaired) electrons. The van der Waals surface area contributed by atoms with E-state index in [-0.39, 0.29) is 11.8 Å². The maximum atomic E-state index is 9.47. The molecule has 4 heteroatoms. The van der Waals surface area contributed by atoms with E-state index in [1.54, 1.807) is 12.1 Å². The Balaban J connectivity index is 2.05. The first-order valence-corrected chi connectivity index (χ1v) is 5.86. The number of hydrogen-bond donors (Lipinski definition) is 2. The molecule has 0 fully saturated rings. The van der Waals surface area contributed by atoms with E-state index < -0.39 is 0 Å². The van der Waals surface area contributed by atoms with Crippen LogP contribution >= 0.6 is 0 Å². The van der Waals surface area contributed by atoms with Gasteiger partial charge in [0.05, 0.1) is 11.7 Å². The van der Waals surface area contributed by atoms with Crippen LogP contribution < -0.4 is 5.73 Å². The van der Waals surface area contributed by atoms with Crippen LogP contribution in [0.1, 0.15) is 24.7 Å². The van der Waals surface area contributed by atoms with Gasteiger partial charge in [-0.15, -0.1) is 0 Å². The standard InChI is InChI=1S/C13H15N3O/c14-11-5-2-6-16-8-12(15-13(11)16)9-3-1-4-10(17)7-9/h1,3-4,7-8,11,17H,2,5-6,14H2. The van der Waals surface area contributed by atoms with E-state index in [1.165, 1.54) is 0 Å². The molecule has 88 valence electrons. The number of aryl methyl sites for hydroxylation is 1. The zero-order valence-corrected chi connectivity index (χ0v) is 9.50. The number of rotatable bonds is 1. The molecule has 1 unspecified atom stereocenters. The summed E-state index contributed by atoms with van der Waals surface area (Å²) in [5.74, 6) is 1.22. The van der Waals surface area contributed by atoms with Crippen LogP contribution in [0, 0.1) is 0 Å². The Bertz CT molecular complexity index is 547. The zero-order valence-electron chi connectivity index (χ0n) is 9.50. The molecule has 0 saturated carbocycles. The molecule has 3 rings (SSSR count). The summed E-state index contributed by atoms with van der Waals surface area (Å²) >= 11 is 0. The van der Waals surface area contributed by atoms with Gasteiger partial charge in [-0.05, 0) is 25.0 Å². The molecule has 17 heavy (non-hydrogen) atoms. The van der Waals surface area contributed by atoms with Crippen LogP contribution in [0.2, 0.25) is 0 Å². The Labute approximate surface area is 99.7 Å². The van der Waals surface area contributed by atoms with E-state index in [0.717, 1.165) is 36.5 Å². The van der Waals surface area contributed by atoms with Crippen molar-refractivity contribution in [2.75, 3.05) is 0 Å². The number of benzene rings is 1. The van der Waals surface area contributed by atoms with Crippen LogP contribution in [0.3, 0.4) is 0 Å². The Kier molecular flexibility index (Phi) is 2.37. The smallest absolute Gasteiger partial charge is 0.126 e. The normalized spacial score (nSPS) is 19.0. The van der Waals surface area contributed by atoms with Gasteiger partial charge in [0.25, 0.3) is 0 Å². The fourth-order valence-corrected chi connectivity index (χ4v) is 2.32. The van der Waals surface area contributed by atoms with E-state index in [0.29, 0.717) is 0 Å². The minimum absolute atomic E-state index is 0.0369. The number of phenols is 1. The number of imidazole rings is 1. The third-order valence-electron chi connectivity index (χ3n) is 3.20. The molecule has 0 bridgehead atoms. The highest BCUT2D eigenvalue weighted by molar-refractivity contribution is 5.60. The molecule has 2 heterocycles. The molecule has 0 aliphatic carbocycles. The summed E-state index contributed by atoms with van der Waals surface area (Å²) in [5, 5.41) is 9.47. The van der Waals surface area contributed by atoms with Crippen molar-refractivity contribution in [3.05, 3.63) is 36.3 Å². The van der Waals surface area contributed by atoms with E-state index >= 15 is 0 Å². The largest absolute Gasteiger partial charge is 0.508 e. The fraction of sp³-hybridized carbons (Fsp3) is 0.308. The number of nitrogens with zero attached hydrogens (tertiary/aromatic N) is 2. The van der Waals surface area contributed by atoms with Crippen molar-refractivity contribution in [2.45, 2.75) is 25.4 Å². The van der Waals surface area contributed by atoms with Gasteiger partial charge >= 0.3 is 0 Å². The van der Waals surface area contributed by atoms with E-state index in [1.807, 2.05) is 18.3 Å². The lowest BCUT2D eigenvalue weighted by Gasteiger charge is -2.19. The summed E-state index contributed by atoms with van der Waals surface area (Å²) in [4.78, 5) is 4.57. The van der Waals surface area contributed by atoms with Crippen molar-refractivity contribution in [3.8, 4) is 17.0 Å². The average Bonchev–Trinajstić information content (AvgIpc) is 2.74. The molecule has 2 aromatic rings. The highest BCUT2D eigenvalue weighted by atomic mass is 16.3. The SMILES string of the molecule is NC1CCCn2cc(-c3cccc(O)c3)nc21. The Hall–Kier alpha value is -1.81. The molecule has 3 N–H and O–H groups in total. The Morgan fingerprint density at radius 3 is 3.06 bits per heavy atom. The summed E-state index contributed by atoms with van der Waals surface area (Å²) in [5.41, 5.74) is 7.85. The second-order valence-corrected chi connectivity index (χ2v) is 4.48. The highest BCUT2D eigenvalue weighted by Gasteiger charge is 2.19. The molecular weight excluding hydrogens is 214 g/mol. The van der Waals surface area contributed by atoms with E-state index in [4.69, 9.17) is 5.73 Å². The summed E-state index contributed by atoms with van der Waals surface area (Å²) in [7, 11) is 0.